The summed E-state index contributed by atoms with van der Waals surface area (Å²) in [7, 11) is 1.56. The highest BCUT2D eigenvalue weighted by Crippen LogP contribution is 2.33. The fourth-order valence-electron chi connectivity index (χ4n) is 5.21. The van der Waals surface area contributed by atoms with Gasteiger partial charge in [0.25, 0.3) is 17.7 Å². The number of ether oxygens (including phenoxy) is 3. The van der Waals surface area contributed by atoms with E-state index in [1.165, 1.54) is 12.6 Å². The summed E-state index contributed by atoms with van der Waals surface area (Å²) in [6.45, 7) is 0.796. The predicted octanol–water partition coefficient (Wildman–Crippen LogP) is 3.45. The third-order valence-corrected chi connectivity index (χ3v) is 7.47. The first-order valence-corrected chi connectivity index (χ1v) is 13.9. The Morgan fingerprint density at radius 2 is 1.88 bits per heavy atom. The number of hydrogen-bond donors (Lipinski definition) is 2. The fourth-order valence-corrected chi connectivity index (χ4v) is 5.21. The van der Waals surface area contributed by atoms with Crippen LogP contribution in [0.25, 0.3) is 11.1 Å². The van der Waals surface area contributed by atoms with Crippen LogP contribution in [-0.4, -0.2) is 66.6 Å². The third kappa shape index (κ3) is 6.30. The Hall–Kier alpha value is -5.32. The minimum absolute atomic E-state index is 0.131. The monoisotopic (exact) mass is 582 g/mol. The molecule has 6 bridgehead atoms. The van der Waals surface area contributed by atoms with E-state index in [0.717, 1.165) is 11.1 Å². The van der Waals surface area contributed by atoms with Crippen LogP contribution in [0.1, 0.15) is 32.9 Å². The molecule has 2 atom stereocenters. The Morgan fingerprint density at radius 1 is 1.02 bits per heavy atom. The van der Waals surface area contributed by atoms with Gasteiger partial charge in [-0.2, -0.15) is 0 Å². The van der Waals surface area contributed by atoms with Crippen molar-refractivity contribution >= 4 is 17.7 Å². The second kappa shape index (κ2) is 12.3. The van der Waals surface area contributed by atoms with E-state index < -0.39 is 12.1 Å². The highest BCUT2D eigenvalue weighted by atomic mass is 16.5. The molecule has 11 heteroatoms. The zero-order valence-electron chi connectivity index (χ0n) is 23.4. The van der Waals surface area contributed by atoms with E-state index in [9.17, 15) is 14.4 Å². The summed E-state index contributed by atoms with van der Waals surface area (Å²) in [6, 6.07) is 19.3. The lowest BCUT2D eigenvalue weighted by molar-refractivity contribution is -0.123. The number of hydrogen-bond acceptors (Lipinski definition) is 8. The number of methoxy groups -OCH3 is 1. The van der Waals surface area contributed by atoms with Crippen LogP contribution < -0.4 is 24.8 Å². The molecule has 1 saturated heterocycles. The maximum Gasteiger partial charge on any atom is 0.291 e. The SMILES string of the molecule is COc1ccc2cc1-c1cccc(c1)OCC(=O)NCc1ccc(cc1)O[C@@H]1CCN(C(=O)c3cnco3)C[C@H]1NC2=O. The topological polar surface area (TPSA) is 132 Å². The Kier molecular flexibility index (Phi) is 7.94. The van der Waals surface area contributed by atoms with Gasteiger partial charge in [0, 0.05) is 37.2 Å². The molecule has 7 rings (SSSR count). The molecule has 4 heterocycles. The second-order valence-electron chi connectivity index (χ2n) is 10.3. The molecule has 3 amide bonds. The van der Waals surface area contributed by atoms with Crippen molar-refractivity contribution in [3.63, 3.8) is 0 Å². The van der Waals surface area contributed by atoms with Crippen LogP contribution in [0.5, 0.6) is 17.2 Å². The number of amides is 3. The van der Waals surface area contributed by atoms with Crippen molar-refractivity contribution in [1.82, 2.24) is 20.5 Å². The van der Waals surface area contributed by atoms with Crippen molar-refractivity contribution in [2.24, 2.45) is 0 Å². The van der Waals surface area contributed by atoms with Gasteiger partial charge in [-0.1, -0.05) is 24.3 Å². The minimum Gasteiger partial charge on any atom is -0.496 e. The van der Waals surface area contributed by atoms with Gasteiger partial charge in [-0.25, -0.2) is 4.98 Å². The zero-order valence-corrected chi connectivity index (χ0v) is 23.4. The van der Waals surface area contributed by atoms with Crippen molar-refractivity contribution in [3.05, 3.63) is 96.2 Å². The van der Waals surface area contributed by atoms with E-state index in [0.29, 0.717) is 47.9 Å². The summed E-state index contributed by atoms with van der Waals surface area (Å²) in [5.41, 5.74) is 2.72. The summed E-state index contributed by atoms with van der Waals surface area (Å²) in [6.07, 6.45) is 2.65. The van der Waals surface area contributed by atoms with Gasteiger partial charge in [0.1, 0.15) is 23.4 Å². The van der Waals surface area contributed by atoms with Crippen LogP contribution in [0.4, 0.5) is 0 Å². The van der Waals surface area contributed by atoms with Crippen LogP contribution in [-0.2, 0) is 11.3 Å². The number of carbonyl (C=O) groups is 3. The molecule has 3 aliphatic heterocycles. The number of aromatic nitrogens is 1. The average molecular weight is 583 g/mol. The number of carbonyl (C=O) groups excluding carboxylic acids is 3. The lowest BCUT2D eigenvalue weighted by Crippen LogP contribution is -2.58. The Labute approximate surface area is 247 Å². The average Bonchev–Trinajstić information content (AvgIpc) is 3.58. The van der Waals surface area contributed by atoms with Gasteiger partial charge in [-0.3, -0.25) is 14.4 Å². The zero-order chi connectivity index (χ0) is 29.8. The van der Waals surface area contributed by atoms with E-state index >= 15 is 0 Å². The largest absolute Gasteiger partial charge is 0.496 e. The standard InChI is InChI=1S/C32H30N4O7/c1-40-27-10-7-22-14-25(27)21-3-2-4-24(13-21)41-18-30(37)34-15-20-5-8-23(9-6-20)43-28-11-12-36(17-26(28)35-31(22)38)32(39)29-16-33-19-42-29/h2-10,13-14,16,19,26,28H,11-12,15,17-18H2,1H3,(H,34,37)(H,35,38)/t26-,28-/m1/s1. The molecule has 2 N–H and O–H groups in total. The number of nitrogens with one attached hydrogen (secondary N) is 2. The molecule has 220 valence electrons. The molecular weight excluding hydrogens is 552 g/mol. The highest BCUT2D eigenvalue weighted by molar-refractivity contribution is 5.96. The van der Waals surface area contributed by atoms with Crippen LogP contribution >= 0.6 is 0 Å². The first-order valence-electron chi connectivity index (χ1n) is 13.9. The van der Waals surface area contributed by atoms with Gasteiger partial charge < -0.3 is 34.2 Å². The third-order valence-electron chi connectivity index (χ3n) is 7.47. The van der Waals surface area contributed by atoms with Gasteiger partial charge in [0.05, 0.1) is 19.3 Å². The number of piperidine rings is 1. The maximum atomic E-state index is 13.7. The number of oxazole rings is 1. The Morgan fingerprint density at radius 3 is 2.67 bits per heavy atom. The molecule has 1 fully saturated rings. The summed E-state index contributed by atoms with van der Waals surface area (Å²) in [4.78, 5) is 44.7. The summed E-state index contributed by atoms with van der Waals surface area (Å²) >= 11 is 0. The molecule has 1 aromatic heterocycles. The summed E-state index contributed by atoms with van der Waals surface area (Å²) in [5, 5.41) is 5.97. The fraction of sp³-hybridized carbons (Fsp3) is 0.250. The molecule has 43 heavy (non-hydrogen) atoms. The Balaban J connectivity index is 1.34. The van der Waals surface area contributed by atoms with Gasteiger partial charge >= 0.3 is 0 Å². The second-order valence-corrected chi connectivity index (χ2v) is 10.3. The van der Waals surface area contributed by atoms with Gasteiger partial charge in [0.2, 0.25) is 5.76 Å². The number of rotatable bonds is 2. The van der Waals surface area contributed by atoms with E-state index in [-0.39, 0.29) is 36.6 Å². The molecule has 0 radical (unpaired) electrons. The van der Waals surface area contributed by atoms with E-state index in [2.05, 4.69) is 15.6 Å². The van der Waals surface area contributed by atoms with E-state index in [1.807, 2.05) is 36.4 Å². The van der Waals surface area contributed by atoms with Crippen molar-refractivity contribution in [1.29, 1.82) is 0 Å². The summed E-state index contributed by atoms with van der Waals surface area (Å²) < 4.78 is 22.9. The molecule has 0 aliphatic carbocycles. The first-order chi connectivity index (χ1) is 21.0. The molecule has 0 saturated carbocycles. The van der Waals surface area contributed by atoms with Gasteiger partial charge in [-0.05, 0) is 53.6 Å². The number of nitrogens with zero attached hydrogens (tertiary/aromatic N) is 2. The number of likely N-dealkylation sites (tertiary alicyclic amines) is 1. The minimum atomic E-state index is -0.528. The normalized spacial score (nSPS) is 18.8. The lowest BCUT2D eigenvalue weighted by Gasteiger charge is -2.38. The predicted molar refractivity (Wildman–Crippen MR) is 155 cm³/mol. The quantitative estimate of drug-likeness (QED) is 0.367. The summed E-state index contributed by atoms with van der Waals surface area (Å²) in [5.74, 6) is 0.915. The van der Waals surface area contributed by atoms with Crippen LogP contribution in [0.2, 0.25) is 0 Å². The molecule has 0 spiro atoms. The molecule has 0 unspecified atom stereocenters. The molecule has 3 aromatic carbocycles. The van der Waals surface area contributed by atoms with Gasteiger partial charge in [-0.15, -0.1) is 0 Å². The number of fused-ring (bicyclic) bond motifs is 7. The van der Waals surface area contributed by atoms with Gasteiger partial charge in [0.15, 0.2) is 13.0 Å². The first kappa shape index (κ1) is 27.8. The molecule has 4 aromatic rings. The lowest BCUT2D eigenvalue weighted by atomic mass is 9.99. The molecule has 3 aliphatic rings. The number of benzene rings is 3. The van der Waals surface area contributed by atoms with Crippen LogP contribution in [0.15, 0.2) is 83.7 Å². The molecular formula is C32H30N4O7. The van der Waals surface area contributed by atoms with Crippen molar-refractivity contribution in [2.75, 3.05) is 26.8 Å². The smallest absolute Gasteiger partial charge is 0.291 e. The Bertz CT molecular complexity index is 1620. The van der Waals surface area contributed by atoms with Crippen molar-refractivity contribution in [2.45, 2.75) is 25.1 Å². The molecule has 11 nitrogen and oxygen atoms in total. The van der Waals surface area contributed by atoms with Crippen LogP contribution in [0, 0.1) is 0 Å². The van der Waals surface area contributed by atoms with Crippen molar-refractivity contribution in [3.8, 4) is 28.4 Å². The van der Waals surface area contributed by atoms with Crippen molar-refractivity contribution < 1.29 is 33.0 Å². The van der Waals surface area contributed by atoms with E-state index in [1.54, 1.807) is 42.3 Å². The van der Waals surface area contributed by atoms with Crippen LogP contribution in [0.3, 0.4) is 0 Å². The maximum absolute atomic E-state index is 13.7. The highest BCUT2D eigenvalue weighted by Gasteiger charge is 2.35. The van der Waals surface area contributed by atoms with E-state index in [4.69, 9.17) is 18.6 Å².